The minimum atomic E-state index is -3.29. The monoisotopic (exact) mass is 388 g/mol. The second kappa shape index (κ2) is 8.21. The molecule has 0 bridgehead atoms. The van der Waals surface area contributed by atoms with Crippen molar-refractivity contribution in [3.63, 3.8) is 0 Å². The molecule has 2 aromatic rings. The number of fused-ring (bicyclic) bond motifs is 1. The summed E-state index contributed by atoms with van der Waals surface area (Å²) in [5, 5.41) is 13.0. The Labute approximate surface area is 159 Å². The predicted molar refractivity (Wildman–Crippen MR) is 103 cm³/mol. The van der Waals surface area contributed by atoms with Crippen LogP contribution in [0.15, 0.2) is 53.4 Å². The molecule has 1 atom stereocenters. The third-order valence-electron chi connectivity index (χ3n) is 4.72. The molecule has 0 radical (unpaired) electrons. The maximum atomic E-state index is 12.2. The maximum Gasteiger partial charge on any atom is 0.251 e. The molecule has 1 aliphatic heterocycles. The fourth-order valence-electron chi connectivity index (χ4n) is 3.24. The summed E-state index contributed by atoms with van der Waals surface area (Å²) in [6, 6.07) is 14.1. The van der Waals surface area contributed by atoms with Crippen LogP contribution < -0.4 is 5.32 Å². The highest BCUT2D eigenvalue weighted by Crippen LogP contribution is 2.18. The lowest BCUT2D eigenvalue weighted by atomic mass is 10.00. The quantitative estimate of drug-likeness (QED) is 0.778. The van der Waals surface area contributed by atoms with E-state index in [2.05, 4.69) is 22.3 Å². The van der Waals surface area contributed by atoms with Crippen LogP contribution in [0.2, 0.25) is 0 Å². The number of aliphatic hydroxyl groups is 1. The van der Waals surface area contributed by atoms with Gasteiger partial charge in [-0.05, 0) is 41.8 Å². The van der Waals surface area contributed by atoms with Gasteiger partial charge in [0.25, 0.3) is 5.91 Å². The second-order valence-electron chi connectivity index (χ2n) is 6.91. The molecule has 0 saturated heterocycles. The first-order chi connectivity index (χ1) is 12.8. The molecule has 1 unspecified atom stereocenters. The number of amides is 1. The number of β-amino-alcohol motifs (C(OH)–C–C–N with tert-alkyl or cyclic N) is 1. The van der Waals surface area contributed by atoms with Crippen LogP contribution >= 0.6 is 0 Å². The Balaban J connectivity index is 1.49. The van der Waals surface area contributed by atoms with E-state index in [0.29, 0.717) is 12.1 Å². The Morgan fingerprint density at radius 2 is 1.81 bits per heavy atom. The lowest BCUT2D eigenvalue weighted by molar-refractivity contribution is 0.0842. The molecule has 2 aromatic carbocycles. The summed E-state index contributed by atoms with van der Waals surface area (Å²) in [6.07, 6.45) is 1.41. The van der Waals surface area contributed by atoms with Gasteiger partial charge in [-0.15, -0.1) is 0 Å². The van der Waals surface area contributed by atoms with Crippen molar-refractivity contribution >= 4 is 15.7 Å². The van der Waals surface area contributed by atoms with E-state index in [4.69, 9.17) is 0 Å². The lowest BCUT2D eigenvalue weighted by Gasteiger charge is -2.30. The Kier molecular flexibility index (Phi) is 5.94. The number of hydrogen-bond donors (Lipinski definition) is 2. The molecular weight excluding hydrogens is 364 g/mol. The Morgan fingerprint density at radius 3 is 2.48 bits per heavy atom. The molecule has 1 aliphatic rings. The highest BCUT2D eigenvalue weighted by Gasteiger charge is 2.19. The van der Waals surface area contributed by atoms with Gasteiger partial charge in [0, 0.05) is 38.0 Å². The Hall–Kier alpha value is -2.22. The first-order valence-corrected chi connectivity index (χ1v) is 10.8. The first kappa shape index (κ1) is 19.5. The third kappa shape index (κ3) is 5.15. The van der Waals surface area contributed by atoms with Gasteiger partial charge in [0.1, 0.15) is 0 Å². The fraction of sp³-hybridized carbons (Fsp3) is 0.350. The SMILES string of the molecule is CS(=O)(=O)c1ccc(C(=O)NCC(O)CN2CCc3ccccc3C2)cc1. The van der Waals surface area contributed by atoms with Gasteiger partial charge < -0.3 is 10.4 Å². The van der Waals surface area contributed by atoms with Crippen LogP contribution in [0.1, 0.15) is 21.5 Å². The van der Waals surface area contributed by atoms with Crippen molar-refractivity contribution in [3.05, 3.63) is 65.2 Å². The summed E-state index contributed by atoms with van der Waals surface area (Å²) in [4.78, 5) is 14.5. The molecule has 0 fully saturated rings. The average molecular weight is 388 g/mol. The van der Waals surface area contributed by atoms with Crippen LogP contribution in [0.5, 0.6) is 0 Å². The van der Waals surface area contributed by atoms with Gasteiger partial charge in [-0.25, -0.2) is 8.42 Å². The van der Waals surface area contributed by atoms with Gasteiger partial charge in [0.05, 0.1) is 11.0 Å². The molecule has 1 heterocycles. The van der Waals surface area contributed by atoms with Gasteiger partial charge in [-0.3, -0.25) is 9.69 Å². The third-order valence-corrected chi connectivity index (χ3v) is 5.85. The molecule has 27 heavy (non-hydrogen) atoms. The lowest BCUT2D eigenvalue weighted by Crippen LogP contribution is -2.42. The maximum absolute atomic E-state index is 12.2. The predicted octanol–water partition coefficient (Wildman–Crippen LogP) is 1.24. The minimum absolute atomic E-state index is 0.144. The summed E-state index contributed by atoms with van der Waals surface area (Å²) in [5.74, 6) is -0.335. The molecule has 3 rings (SSSR count). The van der Waals surface area contributed by atoms with E-state index in [0.717, 1.165) is 25.8 Å². The largest absolute Gasteiger partial charge is 0.390 e. The van der Waals surface area contributed by atoms with Gasteiger partial charge in [-0.1, -0.05) is 24.3 Å². The number of carbonyl (C=O) groups is 1. The van der Waals surface area contributed by atoms with Crippen molar-refractivity contribution < 1.29 is 18.3 Å². The van der Waals surface area contributed by atoms with Crippen LogP contribution in [0, 0.1) is 0 Å². The summed E-state index contributed by atoms with van der Waals surface area (Å²) in [5.41, 5.74) is 3.00. The molecule has 7 heteroatoms. The molecule has 144 valence electrons. The zero-order chi connectivity index (χ0) is 19.4. The normalized spacial score (nSPS) is 15.8. The fourth-order valence-corrected chi connectivity index (χ4v) is 3.87. The molecule has 0 aromatic heterocycles. The number of sulfone groups is 1. The van der Waals surface area contributed by atoms with E-state index in [1.54, 1.807) is 0 Å². The Bertz CT molecular complexity index is 910. The molecule has 2 N–H and O–H groups in total. The number of nitrogens with one attached hydrogen (secondary N) is 1. The first-order valence-electron chi connectivity index (χ1n) is 8.88. The summed E-state index contributed by atoms with van der Waals surface area (Å²) in [7, 11) is -3.29. The zero-order valence-electron chi connectivity index (χ0n) is 15.3. The van der Waals surface area contributed by atoms with E-state index < -0.39 is 15.9 Å². The highest BCUT2D eigenvalue weighted by molar-refractivity contribution is 7.90. The summed E-state index contributed by atoms with van der Waals surface area (Å²) >= 11 is 0. The van der Waals surface area contributed by atoms with E-state index in [1.807, 2.05) is 12.1 Å². The van der Waals surface area contributed by atoms with Gasteiger partial charge >= 0.3 is 0 Å². The standard InChI is InChI=1S/C20H24N2O4S/c1-27(25,26)19-8-6-16(7-9-19)20(24)21-12-18(23)14-22-11-10-15-4-2-3-5-17(15)13-22/h2-9,18,23H,10-14H2,1H3,(H,21,24). The number of hydrogen-bond acceptors (Lipinski definition) is 5. The zero-order valence-corrected chi connectivity index (χ0v) is 16.1. The topological polar surface area (TPSA) is 86.7 Å². The molecule has 1 amide bonds. The van der Waals surface area contributed by atoms with E-state index in [9.17, 15) is 18.3 Å². The van der Waals surface area contributed by atoms with Crippen LogP contribution in [0.25, 0.3) is 0 Å². The van der Waals surface area contributed by atoms with Crippen LogP contribution in [-0.4, -0.2) is 56.3 Å². The molecular formula is C20H24N2O4S. The van der Waals surface area contributed by atoms with Gasteiger partial charge in [0.15, 0.2) is 9.84 Å². The average Bonchev–Trinajstić information content (AvgIpc) is 2.65. The number of carbonyl (C=O) groups excluding carboxylic acids is 1. The van der Waals surface area contributed by atoms with Crippen molar-refractivity contribution in [2.75, 3.05) is 25.9 Å². The van der Waals surface area contributed by atoms with Crippen LogP contribution in [-0.2, 0) is 22.8 Å². The number of nitrogens with zero attached hydrogens (tertiary/aromatic N) is 1. The second-order valence-corrected chi connectivity index (χ2v) is 8.93. The highest BCUT2D eigenvalue weighted by atomic mass is 32.2. The van der Waals surface area contributed by atoms with Crippen LogP contribution in [0.3, 0.4) is 0 Å². The molecule has 0 saturated carbocycles. The smallest absolute Gasteiger partial charge is 0.251 e. The summed E-state index contributed by atoms with van der Waals surface area (Å²) < 4.78 is 22.9. The van der Waals surface area contributed by atoms with Crippen LogP contribution in [0.4, 0.5) is 0 Å². The molecule has 0 aliphatic carbocycles. The number of aliphatic hydroxyl groups excluding tert-OH is 1. The van der Waals surface area contributed by atoms with Crippen molar-refractivity contribution in [1.82, 2.24) is 10.2 Å². The molecule has 6 nitrogen and oxygen atoms in total. The van der Waals surface area contributed by atoms with Crippen molar-refractivity contribution in [3.8, 4) is 0 Å². The van der Waals surface area contributed by atoms with E-state index >= 15 is 0 Å². The van der Waals surface area contributed by atoms with Crippen molar-refractivity contribution in [2.24, 2.45) is 0 Å². The number of benzene rings is 2. The van der Waals surface area contributed by atoms with E-state index in [1.165, 1.54) is 35.4 Å². The Morgan fingerprint density at radius 1 is 1.15 bits per heavy atom. The van der Waals surface area contributed by atoms with Crippen molar-refractivity contribution in [1.29, 1.82) is 0 Å². The van der Waals surface area contributed by atoms with Crippen molar-refractivity contribution in [2.45, 2.75) is 24.0 Å². The van der Waals surface area contributed by atoms with E-state index in [-0.39, 0.29) is 17.3 Å². The molecule has 0 spiro atoms. The van der Waals surface area contributed by atoms with Gasteiger partial charge in [-0.2, -0.15) is 0 Å². The minimum Gasteiger partial charge on any atom is -0.390 e. The summed E-state index contributed by atoms with van der Waals surface area (Å²) in [6.45, 7) is 2.32. The number of rotatable bonds is 6. The van der Waals surface area contributed by atoms with Gasteiger partial charge in [0.2, 0.25) is 0 Å².